The number of hydrogen-bond donors (Lipinski definition) is 1. The summed E-state index contributed by atoms with van der Waals surface area (Å²) < 4.78 is 0. The van der Waals surface area contributed by atoms with E-state index in [1.54, 1.807) is 0 Å². The molecule has 1 rings (SSSR count). The lowest BCUT2D eigenvalue weighted by atomic mass is 9.99. The average Bonchev–Trinajstić information content (AvgIpc) is 2.34. The number of aliphatic hydroxyl groups excluding tert-OH is 1. The molecule has 1 nitrogen and oxygen atoms in total. The van der Waals surface area contributed by atoms with Gasteiger partial charge in [-0.25, -0.2) is 0 Å². The lowest BCUT2D eigenvalue weighted by Crippen LogP contribution is -2.12. The Balaban J connectivity index is 2.28. The molecule has 1 aliphatic carbocycles. The molecule has 1 saturated carbocycles. The van der Waals surface area contributed by atoms with E-state index < -0.39 is 0 Å². The predicted molar refractivity (Wildman–Crippen MR) is 42.8 cm³/mol. The molecule has 10 heavy (non-hydrogen) atoms. The zero-order chi connectivity index (χ0) is 7.56. The molecule has 0 spiro atoms. The van der Waals surface area contributed by atoms with Crippen LogP contribution in [-0.4, -0.2) is 11.2 Å². The molecule has 0 heterocycles. The Morgan fingerprint density at radius 1 is 1.50 bits per heavy atom. The van der Waals surface area contributed by atoms with E-state index in [0.29, 0.717) is 5.92 Å². The molecule has 0 aromatic carbocycles. The Kier molecular flexibility index (Phi) is 2.72. The first-order valence-electron chi connectivity index (χ1n) is 4.42. The van der Waals surface area contributed by atoms with Crippen LogP contribution in [0.2, 0.25) is 0 Å². The Hall–Kier alpha value is -0.0400. The molecule has 1 aliphatic rings. The zero-order valence-electron chi connectivity index (χ0n) is 7.01. The molecular formula is C9H18O. The van der Waals surface area contributed by atoms with Crippen molar-refractivity contribution in [3.05, 3.63) is 0 Å². The van der Waals surface area contributed by atoms with Gasteiger partial charge in [-0.05, 0) is 31.6 Å². The first-order valence-corrected chi connectivity index (χ1v) is 4.42. The van der Waals surface area contributed by atoms with Gasteiger partial charge in [0, 0.05) is 0 Å². The van der Waals surface area contributed by atoms with Gasteiger partial charge < -0.3 is 5.11 Å². The first-order chi connectivity index (χ1) is 4.74. The molecule has 0 aromatic heterocycles. The van der Waals surface area contributed by atoms with Gasteiger partial charge in [0.1, 0.15) is 0 Å². The molecule has 60 valence electrons. The minimum atomic E-state index is -0.0726. The number of rotatable bonds is 2. The van der Waals surface area contributed by atoms with Crippen molar-refractivity contribution in [1.82, 2.24) is 0 Å². The molecule has 2 unspecified atom stereocenters. The third-order valence-corrected chi connectivity index (χ3v) is 2.84. The van der Waals surface area contributed by atoms with Gasteiger partial charge in [-0.1, -0.05) is 19.8 Å². The van der Waals surface area contributed by atoms with E-state index in [1.807, 2.05) is 6.92 Å². The molecule has 0 saturated heterocycles. The second-order valence-electron chi connectivity index (χ2n) is 3.59. The van der Waals surface area contributed by atoms with Crippen LogP contribution in [0.3, 0.4) is 0 Å². The van der Waals surface area contributed by atoms with E-state index in [1.165, 1.54) is 25.7 Å². The SMILES string of the molecule is CCC1CCC([C@@H](C)O)C1. The maximum atomic E-state index is 9.27. The Morgan fingerprint density at radius 3 is 2.50 bits per heavy atom. The summed E-state index contributed by atoms with van der Waals surface area (Å²) in [5.41, 5.74) is 0. The highest BCUT2D eigenvalue weighted by atomic mass is 16.3. The van der Waals surface area contributed by atoms with E-state index in [2.05, 4.69) is 6.92 Å². The summed E-state index contributed by atoms with van der Waals surface area (Å²) in [6.07, 6.45) is 5.07. The second-order valence-corrected chi connectivity index (χ2v) is 3.59. The van der Waals surface area contributed by atoms with Crippen molar-refractivity contribution in [1.29, 1.82) is 0 Å². The third-order valence-electron chi connectivity index (χ3n) is 2.84. The Labute approximate surface area is 63.4 Å². The van der Waals surface area contributed by atoms with Crippen molar-refractivity contribution in [3.63, 3.8) is 0 Å². The summed E-state index contributed by atoms with van der Waals surface area (Å²) in [6.45, 7) is 4.16. The van der Waals surface area contributed by atoms with Gasteiger partial charge in [-0.15, -0.1) is 0 Å². The van der Waals surface area contributed by atoms with E-state index in [9.17, 15) is 5.11 Å². The molecule has 1 N–H and O–H groups in total. The van der Waals surface area contributed by atoms with Crippen LogP contribution in [0.5, 0.6) is 0 Å². The fraction of sp³-hybridized carbons (Fsp3) is 1.00. The fourth-order valence-electron chi connectivity index (χ4n) is 1.92. The Morgan fingerprint density at radius 2 is 2.20 bits per heavy atom. The smallest absolute Gasteiger partial charge is 0.0540 e. The minimum Gasteiger partial charge on any atom is -0.393 e. The average molecular weight is 142 g/mol. The van der Waals surface area contributed by atoms with Gasteiger partial charge in [-0.2, -0.15) is 0 Å². The third kappa shape index (κ3) is 1.72. The summed E-state index contributed by atoms with van der Waals surface area (Å²) in [4.78, 5) is 0. The van der Waals surface area contributed by atoms with Crippen molar-refractivity contribution < 1.29 is 5.11 Å². The zero-order valence-corrected chi connectivity index (χ0v) is 7.01. The van der Waals surface area contributed by atoms with Crippen molar-refractivity contribution >= 4 is 0 Å². The van der Waals surface area contributed by atoms with Gasteiger partial charge in [0.2, 0.25) is 0 Å². The van der Waals surface area contributed by atoms with Crippen LogP contribution in [0.25, 0.3) is 0 Å². The van der Waals surface area contributed by atoms with Gasteiger partial charge in [0.25, 0.3) is 0 Å². The second kappa shape index (κ2) is 3.38. The van der Waals surface area contributed by atoms with Crippen LogP contribution >= 0.6 is 0 Å². The van der Waals surface area contributed by atoms with E-state index in [4.69, 9.17) is 0 Å². The lowest BCUT2D eigenvalue weighted by Gasteiger charge is -2.12. The first kappa shape index (κ1) is 8.06. The van der Waals surface area contributed by atoms with Crippen LogP contribution in [-0.2, 0) is 0 Å². The fourth-order valence-corrected chi connectivity index (χ4v) is 1.92. The molecular weight excluding hydrogens is 124 g/mol. The van der Waals surface area contributed by atoms with Gasteiger partial charge in [0.15, 0.2) is 0 Å². The van der Waals surface area contributed by atoms with E-state index in [-0.39, 0.29) is 6.10 Å². The van der Waals surface area contributed by atoms with E-state index >= 15 is 0 Å². The number of aliphatic hydroxyl groups is 1. The topological polar surface area (TPSA) is 20.2 Å². The molecule has 0 aromatic rings. The maximum absolute atomic E-state index is 9.27. The highest BCUT2D eigenvalue weighted by Crippen LogP contribution is 2.34. The highest BCUT2D eigenvalue weighted by Gasteiger charge is 2.26. The van der Waals surface area contributed by atoms with Crippen molar-refractivity contribution in [2.24, 2.45) is 11.8 Å². The van der Waals surface area contributed by atoms with Crippen LogP contribution < -0.4 is 0 Å². The quantitative estimate of drug-likeness (QED) is 0.626. The largest absolute Gasteiger partial charge is 0.393 e. The molecule has 1 fully saturated rings. The normalized spacial score (nSPS) is 36.3. The maximum Gasteiger partial charge on any atom is 0.0540 e. The molecule has 0 bridgehead atoms. The van der Waals surface area contributed by atoms with Crippen LogP contribution in [0.15, 0.2) is 0 Å². The van der Waals surface area contributed by atoms with Crippen LogP contribution in [0, 0.1) is 11.8 Å². The summed E-state index contributed by atoms with van der Waals surface area (Å²) in [5.74, 6) is 1.50. The van der Waals surface area contributed by atoms with E-state index in [0.717, 1.165) is 5.92 Å². The molecule has 0 amide bonds. The lowest BCUT2D eigenvalue weighted by molar-refractivity contribution is 0.126. The van der Waals surface area contributed by atoms with Crippen molar-refractivity contribution in [2.45, 2.75) is 45.6 Å². The predicted octanol–water partition coefficient (Wildman–Crippen LogP) is 2.19. The summed E-state index contributed by atoms with van der Waals surface area (Å²) in [5, 5.41) is 9.27. The Bertz CT molecular complexity index is 98.9. The van der Waals surface area contributed by atoms with Crippen LogP contribution in [0.1, 0.15) is 39.5 Å². The summed E-state index contributed by atoms with van der Waals surface area (Å²) in [7, 11) is 0. The molecule has 1 heteroatoms. The van der Waals surface area contributed by atoms with Gasteiger partial charge in [0.05, 0.1) is 6.10 Å². The number of hydrogen-bond acceptors (Lipinski definition) is 1. The summed E-state index contributed by atoms with van der Waals surface area (Å²) >= 11 is 0. The standard InChI is InChI=1S/C9H18O/c1-3-8-4-5-9(6-8)7(2)10/h7-10H,3-6H2,1-2H3/t7-,8?,9?/m1/s1. The molecule has 0 aliphatic heterocycles. The summed E-state index contributed by atoms with van der Waals surface area (Å²) in [6, 6.07) is 0. The minimum absolute atomic E-state index is 0.0726. The van der Waals surface area contributed by atoms with Gasteiger partial charge >= 0.3 is 0 Å². The van der Waals surface area contributed by atoms with Gasteiger partial charge in [-0.3, -0.25) is 0 Å². The van der Waals surface area contributed by atoms with Crippen molar-refractivity contribution in [3.8, 4) is 0 Å². The molecule has 3 atom stereocenters. The molecule has 0 radical (unpaired) electrons. The van der Waals surface area contributed by atoms with Crippen LogP contribution in [0.4, 0.5) is 0 Å². The monoisotopic (exact) mass is 142 g/mol. The highest BCUT2D eigenvalue weighted by molar-refractivity contribution is 4.77. The van der Waals surface area contributed by atoms with Crippen molar-refractivity contribution in [2.75, 3.05) is 0 Å².